The minimum atomic E-state index is -0.938. The summed E-state index contributed by atoms with van der Waals surface area (Å²) < 4.78 is 5.37. The van der Waals surface area contributed by atoms with Crippen LogP contribution in [0.1, 0.15) is 43.9 Å². The molecule has 188 valence electrons. The lowest BCUT2D eigenvalue weighted by molar-refractivity contribution is -0.127. The predicted octanol–water partition coefficient (Wildman–Crippen LogP) is 4.42. The first-order chi connectivity index (χ1) is 17.3. The van der Waals surface area contributed by atoms with Gasteiger partial charge in [0.05, 0.1) is 7.11 Å². The summed E-state index contributed by atoms with van der Waals surface area (Å²) in [6.07, 6.45) is 1.40. The number of aromatic nitrogens is 1. The van der Waals surface area contributed by atoms with Crippen LogP contribution in [0.2, 0.25) is 0 Å². The zero-order chi connectivity index (χ0) is 26.1. The Morgan fingerprint density at radius 2 is 1.72 bits per heavy atom. The Labute approximate surface area is 211 Å². The van der Waals surface area contributed by atoms with Crippen LogP contribution in [0.15, 0.2) is 72.9 Å². The van der Waals surface area contributed by atoms with E-state index in [2.05, 4.69) is 15.6 Å². The van der Waals surface area contributed by atoms with Crippen molar-refractivity contribution in [2.45, 2.75) is 45.7 Å². The van der Waals surface area contributed by atoms with Crippen molar-refractivity contribution < 1.29 is 19.1 Å². The van der Waals surface area contributed by atoms with Gasteiger partial charge in [0, 0.05) is 36.8 Å². The number of nitrogens with zero attached hydrogens (tertiary/aromatic N) is 2. The van der Waals surface area contributed by atoms with E-state index >= 15 is 0 Å². The first-order valence-electron chi connectivity index (χ1n) is 11.8. The largest absolute Gasteiger partial charge is 0.497 e. The molecule has 2 N–H and O–H groups in total. The molecule has 0 aliphatic heterocycles. The number of pyridine rings is 1. The summed E-state index contributed by atoms with van der Waals surface area (Å²) >= 11 is 0. The van der Waals surface area contributed by atoms with Crippen molar-refractivity contribution in [2.24, 2.45) is 0 Å². The molecular weight excluding hydrogens is 456 g/mol. The highest BCUT2D eigenvalue weighted by atomic mass is 16.5. The van der Waals surface area contributed by atoms with Crippen LogP contribution in [0.25, 0.3) is 0 Å². The van der Waals surface area contributed by atoms with E-state index in [9.17, 15) is 14.4 Å². The summed E-state index contributed by atoms with van der Waals surface area (Å²) in [6, 6.07) is 18.6. The molecular formula is C28H32N4O4. The van der Waals surface area contributed by atoms with Gasteiger partial charge in [-0.3, -0.25) is 19.3 Å². The molecule has 1 unspecified atom stereocenters. The van der Waals surface area contributed by atoms with Gasteiger partial charge in [0.1, 0.15) is 17.6 Å². The summed E-state index contributed by atoms with van der Waals surface area (Å²) in [5, 5.41) is 5.63. The van der Waals surface area contributed by atoms with Crippen molar-refractivity contribution in [1.29, 1.82) is 0 Å². The maximum absolute atomic E-state index is 13.7. The molecule has 1 atom stereocenters. The molecule has 0 spiro atoms. The minimum Gasteiger partial charge on any atom is -0.497 e. The lowest BCUT2D eigenvalue weighted by atomic mass is 10.0. The van der Waals surface area contributed by atoms with Gasteiger partial charge < -0.3 is 15.4 Å². The SMILES string of the molecule is COc1cccc(N(C(=O)CCC(=O)Nc2ccccn2)C(C(=O)NC(C)C)c2ccc(C)cc2)c1. The van der Waals surface area contributed by atoms with E-state index in [0.29, 0.717) is 22.8 Å². The summed E-state index contributed by atoms with van der Waals surface area (Å²) in [7, 11) is 1.54. The molecule has 0 bridgehead atoms. The molecule has 1 heterocycles. The number of anilines is 2. The molecule has 0 radical (unpaired) electrons. The van der Waals surface area contributed by atoms with Gasteiger partial charge in [-0.15, -0.1) is 0 Å². The lowest BCUT2D eigenvalue weighted by Gasteiger charge is -2.32. The monoisotopic (exact) mass is 488 g/mol. The predicted molar refractivity (Wildman–Crippen MR) is 140 cm³/mol. The van der Waals surface area contributed by atoms with Crippen LogP contribution in [-0.2, 0) is 14.4 Å². The second-order valence-corrected chi connectivity index (χ2v) is 8.70. The smallest absolute Gasteiger partial charge is 0.248 e. The Morgan fingerprint density at radius 3 is 2.36 bits per heavy atom. The molecule has 8 nitrogen and oxygen atoms in total. The molecule has 3 aromatic rings. The van der Waals surface area contributed by atoms with E-state index in [1.54, 1.807) is 48.7 Å². The number of ether oxygens (including phenoxy) is 1. The molecule has 3 amide bonds. The second-order valence-electron chi connectivity index (χ2n) is 8.70. The van der Waals surface area contributed by atoms with Crippen LogP contribution in [0.5, 0.6) is 5.75 Å². The molecule has 0 fully saturated rings. The molecule has 0 saturated heterocycles. The number of methoxy groups -OCH3 is 1. The fourth-order valence-corrected chi connectivity index (χ4v) is 3.71. The summed E-state index contributed by atoms with van der Waals surface area (Å²) in [6.45, 7) is 5.69. The highest BCUT2D eigenvalue weighted by Crippen LogP contribution is 2.31. The third-order valence-electron chi connectivity index (χ3n) is 5.43. The van der Waals surface area contributed by atoms with Crippen molar-refractivity contribution in [3.63, 3.8) is 0 Å². The minimum absolute atomic E-state index is 0.0672. The van der Waals surface area contributed by atoms with Crippen molar-refractivity contribution in [3.05, 3.63) is 84.1 Å². The number of hydrogen-bond donors (Lipinski definition) is 2. The van der Waals surface area contributed by atoms with Gasteiger partial charge in [0.25, 0.3) is 0 Å². The zero-order valence-electron chi connectivity index (χ0n) is 21.0. The molecule has 36 heavy (non-hydrogen) atoms. The van der Waals surface area contributed by atoms with Gasteiger partial charge >= 0.3 is 0 Å². The summed E-state index contributed by atoms with van der Waals surface area (Å²) in [5.74, 6) is -0.0726. The topological polar surface area (TPSA) is 101 Å². The van der Waals surface area contributed by atoms with Crippen LogP contribution in [-0.4, -0.2) is 35.9 Å². The van der Waals surface area contributed by atoms with Gasteiger partial charge in [0.15, 0.2) is 0 Å². The van der Waals surface area contributed by atoms with Crippen LogP contribution in [0.4, 0.5) is 11.5 Å². The maximum Gasteiger partial charge on any atom is 0.248 e. The van der Waals surface area contributed by atoms with E-state index in [0.717, 1.165) is 5.56 Å². The fraction of sp³-hybridized carbons (Fsp3) is 0.286. The number of benzene rings is 2. The maximum atomic E-state index is 13.7. The van der Waals surface area contributed by atoms with Gasteiger partial charge in [-0.1, -0.05) is 42.0 Å². The fourth-order valence-electron chi connectivity index (χ4n) is 3.71. The molecule has 0 aliphatic rings. The number of aryl methyl sites for hydroxylation is 1. The molecule has 1 aromatic heterocycles. The number of carbonyl (C=O) groups is 3. The van der Waals surface area contributed by atoms with Crippen molar-refractivity contribution in [3.8, 4) is 5.75 Å². The Hall–Kier alpha value is -4.20. The number of rotatable bonds is 10. The average Bonchev–Trinajstić information content (AvgIpc) is 2.86. The number of amides is 3. The molecule has 8 heteroatoms. The van der Waals surface area contributed by atoms with E-state index in [-0.39, 0.29) is 36.6 Å². The second kappa shape index (κ2) is 12.5. The molecule has 3 rings (SSSR count). The van der Waals surface area contributed by atoms with Crippen molar-refractivity contribution in [1.82, 2.24) is 10.3 Å². The molecule has 0 aliphatic carbocycles. The normalized spacial score (nSPS) is 11.5. The highest BCUT2D eigenvalue weighted by molar-refractivity contribution is 6.03. The van der Waals surface area contributed by atoms with Crippen LogP contribution in [0, 0.1) is 6.92 Å². The van der Waals surface area contributed by atoms with Crippen LogP contribution in [0.3, 0.4) is 0 Å². The summed E-state index contributed by atoms with van der Waals surface area (Å²) in [5.41, 5.74) is 2.19. The molecule has 0 saturated carbocycles. The third kappa shape index (κ3) is 7.15. The highest BCUT2D eigenvalue weighted by Gasteiger charge is 2.33. The molecule has 2 aromatic carbocycles. The van der Waals surface area contributed by atoms with Crippen LogP contribution < -0.4 is 20.3 Å². The summed E-state index contributed by atoms with van der Waals surface area (Å²) in [4.78, 5) is 45.2. The quantitative estimate of drug-likeness (QED) is 0.440. The Kier molecular flexibility index (Phi) is 9.16. The Morgan fingerprint density at radius 1 is 0.972 bits per heavy atom. The van der Waals surface area contributed by atoms with Crippen molar-refractivity contribution in [2.75, 3.05) is 17.3 Å². The lowest BCUT2D eigenvalue weighted by Crippen LogP contribution is -2.46. The van der Waals surface area contributed by atoms with Gasteiger partial charge in [-0.25, -0.2) is 4.98 Å². The average molecular weight is 489 g/mol. The number of carbonyl (C=O) groups excluding carboxylic acids is 3. The van der Waals surface area contributed by atoms with E-state index in [1.165, 1.54) is 12.0 Å². The zero-order valence-corrected chi connectivity index (χ0v) is 21.0. The van der Waals surface area contributed by atoms with Crippen molar-refractivity contribution >= 4 is 29.2 Å². The number of nitrogens with one attached hydrogen (secondary N) is 2. The van der Waals surface area contributed by atoms with E-state index in [4.69, 9.17) is 4.74 Å². The van der Waals surface area contributed by atoms with Gasteiger partial charge in [0.2, 0.25) is 17.7 Å². The number of hydrogen-bond acceptors (Lipinski definition) is 5. The first-order valence-corrected chi connectivity index (χ1v) is 11.8. The van der Waals surface area contributed by atoms with E-state index < -0.39 is 6.04 Å². The van der Waals surface area contributed by atoms with Gasteiger partial charge in [-0.05, 0) is 50.6 Å². The first kappa shape index (κ1) is 26.4. The Balaban J connectivity index is 1.95. The Bertz CT molecular complexity index is 1180. The van der Waals surface area contributed by atoms with E-state index in [1.807, 2.05) is 45.0 Å². The van der Waals surface area contributed by atoms with Crippen LogP contribution >= 0.6 is 0 Å². The third-order valence-corrected chi connectivity index (χ3v) is 5.43. The van der Waals surface area contributed by atoms with Gasteiger partial charge in [-0.2, -0.15) is 0 Å². The standard InChI is InChI=1S/C28H32N4O4/c1-19(2)30-28(35)27(21-13-11-20(3)12-14-21)32(22-8-7-9-23(18-22)36-4)26(34)16-15-25(33)31-24-10-5-6-17-29-24/h5-14,17-19,27H,15-16H2,1-4H3,(H,30,35)(H,29,31,33).